The van der Waals surface area contributed by atoms with Gasteiger partial charge in [-0.1, -0.05) is 74.9 Å². The van der Waals surface area contributed by atoms with Gasteiger partial charge in [0.1, 0.15) is 17.5 Å². The van der Waals surface area contributed by atoms with E-state index in [1.165, 1.54) is 6.92 Å². The molecule has 1 amide bonds. The van der Waals surface area contributed by atoms with Crippen LogP contribution in [0.3, 0.4) is 0 Å². The summed E-state index contributed by atoms with van der Waals surface area (Å²) in [5.74, 6) is -1.39. The molecule has 4 atom stereocenters. The lowest BCUT2D eigenvalue weighted by Gasteiger charge is -2.52. The summed E-state index contributed by atoms with van der Waals surface area (Å²) in [6.07, 6.45) is 0.407. The predicted molar refractivity (Wildman–Crippen MR) is 163 cm³/mol. The zero-order valence-corrected chi connectivity index (χ0v) is 24.8. The van der Waals surface area contributed by atoms with E-state index in [2.05, 4.69) is 69.4 Å². The number of amides is 1. The number of carboxylic acid groups (broad SMARTS) is 1. The smallest absolute Gasteiger partial charge is 0.329 e. The zero-order valence-electron chi connectivity index (χ0n) is 24.0. The Morgan fingerprint density at radius 3 is 2.50 bits per heavy atom. The topological polar surface area (TPSA) is 83.5 Å². The fraction of sp³-hybridized carbons (Fsp3) is 0.424. The number of aryl methyl sites for hydroxylation is 1. The fourth-order valence-corrected chi connectivity index (χ4v) is 8.36. The van der Waals surface area contributed by atoms with E-state index in [0.717, 1.165) is 33.2 Å². The Labute approximate surface area is 240 Å². The first-order valence-corrected chi connectivity index (χ1v) is 15.0. The highest BCUT2D eigenvalue weighted by atomic mass is 32.2. The molecular formula is C33H39N2O4S+. The van der Waals surface area contributed by atoms with Gasteiger partial charge in [-0.25, -0.2) is 9.28 Å². The van der Waals surface area contributed by atoms with Crippen molar-refractivity contribution in [3.8, 4) is 0 Å². The van der Waals surface area contributed by atoms with Gasteiger partial charge in [0.05, 0.1) is 11.8 Å². The van der Waals surface area contributed by atoms with Crippen molar-refractivity contribution in [1.82, 2.24) is 9.80 Å². The Hall–Kier alpha value is -3.00. The molecule has 0 radical (unpaired) electrons. The highest BCUT2D eigenvalue weighted by molar-refractivity contribution is 8.00. The lowest BCUT2D eigenvalue weighted by Crippen LogP contribution is -2.75. The van der Waals surface area contributed by atoms with E-state index in [0.29, 0.717) is 19.5 Å². The summed E-state index contributed by atoms with van der Waals surface area (Å²) in [6.45, 7) is 10.7. The highest BCUT2D eigenvalue weighted by Crippen LogP contribution is 2.52. The average Bonchev–Trinajstić information content (AvgIpc) is 3.01. The van der Waals surface area contributed by atoms with E-state index in [-0.39, 0.29) is 33.4 Å². The predicted octanol–water partition coefficient (Wildman–Crippen LogP) is 5.89. The minimum atomic E-state index is -1.72. The third-order valence-corrected chi connectivity index (χ3v) is 9.91. The molecule has 2 unspecified atom stereocenters. The van der Waals surface area contributed by atoms with Crippen LogP contribution in [0.15, 0.2) is 60.7 Å². The van der Waals surface area contributed by atoms with Gasteiger partial charge in [-0.3, -0.25) is 9.59 Å². The number of Topliss-reactive ketones (excluding diaryl/α,β-unsaturated/α-hetero) is 1. The van der Waals surface area contributed by atoms with Crippen molar-refractivity contribution in [2.24, 2.45) is 10.8 Å². The third-order valence-electron chi connectivity index (χ3n) is 8.65. The molecule has 2 aliphatic heterocycles. The van der Waals surface area contributed by atoms with Gasteiger partial charge in [0.15, 0.2) is 11.2 Å². The number of rotatable bonds is 5. The molecule has 2 heterocycles. The van der Waals surface area contributed by atoms with Crippen molar-refractivity contribution < 1.29 is 19.5 Å². The van der Waals surface area contributed by atoms with Gasteiger partial charge in [-0.05, 0) is 36.2 Å². The van der Waals surface area contributed by atoms with Crippen molar-refractivity contribution in [3.05, 3.63) is 77.4 Å². The maximum atomic E-state index is 14.8. The minimum absolute atomic E-state index is 0.0147. The summed E-state index contributed by atoms with van der Waals surface area (Å²) in [7, 11) is 0. The normalized spacial score (nSPS) is 27.2. The number of hydrogen-bond donors (Lipinski definition) is 2. The van der Waals surface area contributed by atoms with E-state index in [4.69, 9.17) is 0 Å². The number of quaternary nitrogens is 1. The summed E-state index contributed by atoms with van der Waals surface area (Å²) >= 11 is 1.61. The number of thioether (sulfide) groups is 1. The molecule has 2 aliphatic rings. The lowest BCUT2D eigenvalue weighted by atomic mass is 9.70. The standard InChI is InChI=1S/C33H38N2O4S/c1-21-13-14-27-26(17-21)30(25-12-8-10-23-9-6-7-11-24(23)25)40-18-29(37)35(27,20-32(3,4)5)28-15-16-34-19-33(28,22(2)36)31(38)39/h6-14,17,28,30,34H,15-16,18-20H2,1-5H3/p+1/t28-,30?,33+,35?/m1/s1. The summed E-state index contributed by atoms with van der Waals surface area (Å²) in [6, 6.07) is 20.1. The zero-order chi connectivity index (χ0) is 28.9. The highest BCUT2D eigenvalue weighted by Gasteiger charge is 2.65. The Balaban J connectivity index is 1.85. The van der Waals surface area contributed by atoms with Gasteiger partial charge in [0.25, 0.3) is 0 Å². The van der Waals surface area contributed by atoms with Crippen molar-refractivity contribution in [2.75, 3.05) is 25.4 Å². The molecule has 5 rings (SSSR count). The van der Waals surface area contributed by atoms with Gasteiger partial charge in [0.2, 0.25) is 0 Å². The Bertz CT molecular complexity index is 1470. The maximum absolute atomic E-state index is 14.8. The minimum Gasteiger partial charge on any atom is -0.480 e. The van der Waals surface area contributed by atoms with Crippen LogP contribution in [0.4, 0.5) is 5.69 Å². The first kappa shape index (κ1) is 28.5. The molecule has 7 heteroatoms. The monoisotopic (exact) mass is 559 g/mol. The number of fused-ring (bicyclic) bond motifs is 2. The molecular weight excluding hydrogens is 520 g/mol. The van der Waals surface area contributed by atoms with E-state index in [1.807, 2.05) is 24.3 Å². The fourth-order valence-electron chi connectivity index (χ4n) is 7.06. The lowest BCUT2D eigenvalue weighted by molar-refractivity contribution is -0.163. The van der Waals surface area contributed by atoms with Crippen molar-refractivity contribution >= 4 is 45.9 Å². The molecule has 3 aromatic carbocycles. The largest absolute Gasteiger partial charge is 0.480 e. The molecule has 0 saturated carbocycles. The van der Waals surface area contributed by atoms with Crippen LogP contribution in [-0.4, -0.2) is 54.2 Å². The van der Waals surface area contributed by atoms with Crippen LogP contribution >= 0.6 is 11.8 Å². The average molecular weight is 560 g/mol. The SMILES string of the molecule is CC(=O)[C@@]1(C(=O)O)CNCC[C@H]1[N+]1(CC(C)(C)C)C(=O)CSC(c2cccc3ccccc23)c2cc(C)ccc21. The molecule has 3 aromatic rings. The Morgan fingerprint density at radius 1 is 1.07 bits per heavy atom. The Kier molecular flexibility index (Phi) is 7.44. The number of carbonyl (C=O) groups is 3. The molecule has 0 bridgehead atoms. The number of ketones is 1. The van der Waals surface area contributed by atoms with Crippen LogP contribution in [0.1, 0.15) is 56.1 Å². The van der Waals surface area contributed by atoms with Crippen molar-refractivity contribution in [1.29, 1.82) is 0 Å². The molecule has 2 N–H and O–H groups in total. The summed E-state index contributed by atoms with van der Waals surface area (Å²) in [4.78, 5) is 41.2. The second-order valence-corrected chi connectivity index (χ2v) is 13.7. The van der Waals surface area contributed by atoms with Gasteiger partial charge < -0.3 is 10.4 Å². The van der Waals surface area contributed by atoms with Crippen LogP contribution in [0.2, 0.25) is 0 Å². The van der Waals surface area contributed by atoms with E-state index in [9.17, 15) is 19.5 Å². The maximum Gasteiger partial charge on any atom is 0.329 e. The number of carbonyl (C=O) groups excluding carboxylic acids is 2. The van der Waals surface area contributed by atoms with E-state index >= 15 is 0 Å². The molecule has 1 saturated heterocycles. The molecule has 0 aliphatic carbocycles. The molecule has 0 spiro atoms. The molecule has 40 heavy (non-hydrogen) atoms. The van der Waals surface area contributed by atoms with Gasteiger partial charge in [0, 0.05) is 36.6 Å². The number of nitrogens with one attached hydrogen (secondary N) is 1. The molecule has 1 fully saturated rings. The number of aliphatic carboxylic acids is 1. The number of benzene rings is 3. The molecule has 210 valence electrons. The summed E-state index contributed by atoms with van der Waals surface area (Å²) in [5, 5.41) is 16.0. The van der Waals surface area contributed by atoms with Crippen LogP contribution < -0.4 is 9.80 Å². The molecule has 0 aromatic heterocycles. The Morgan fingerprint density at radius 2 is 1.80 bits per heavy atom. The van der Waals surface area contributed by atoms with Crippen molar-refractivity contribution in [3.63, 3.8) is 0 Å². The van der Waals surface area contributed by atoms with Gasteiger partial charge in [-0.15, -0.1) is 11.8 Å². The van der Waals surface area contributed by atoms with E-state index < -0.39 is 23.2 Å². The number of carboxylic acids is 1. The number of piperidine rings is 1. The summed E-state index contributed by atoms with van der Waals surface area (Å²) in [5.41, 5.74) is 2.03. The second kappa shape index (κ2) is 10.4. The van der Waals surface area contributed by atoms with Gasteiger partial charge >= 0.3 is 11.9 Å². The second-order valence-electron chi connectivity index (χ2n) is 12.6. The van der Waals surface area contributed by atoms with Crippen LogP contribution in [0.25, 0.3) is 10.8 Å². The van der Waals surface area contributed by atoms with Gasteiger partial charge in [-0.2, -0.15) is 0 Å². The number of hydrogen-bond acceptors (Lipinski definition) is 5. The van der Waals surface area contributed by atoms with Crippen LogP contribution in [-0.2, 0) is 14.4 Å². The van der Waals surface area contributed by atoms with Crippen LogP contribution in [0, 0.1) is 17.8 Å². The third kappa shape index (κ3) is 4.58. The van der Waals surface area contributed by atoms with E-state index in [1.54, 1.807) is 11.8 Å². The first-order valence-electron chi connectivity index (χ1n) is 14.0. The van der Waals surface area contributed by atoms with Crippen molar-refractivity contribution in [2.45, 2.75) is 52.3 Å². The number of nitrogens with zero attached hydrogens (tertiary/aromatic N) is 1. The quantitative estimate of drug-likeness (QED) is 0.300. The summed E-state index contributed by atoms with van der Waals surface area (Å²) < 4.78 is -0.138. The first-order chi connectivity index (χ1) is 18.9. The molecule has 6 nitrogen and oxygen atoms in total. The van der Waals surface area contributed by atoms with Crippen LogP contribution in [0.5, 0.6) is 0 Å².